The Bertz CT molecular complexity index is 790. The summed E-state index contributed by atoms with van der Waals surface area (Å²) in [4.78, 5) is 58.3. The lowest BCUT2D eigenvalue weighted by atomic mass is 10.1. The molecule has 2 amide bonds. The lowest BCUT2D eigenvalue weighted by Crippen LogP contribution is -2.48. The van der Waals surface area contributed by atoms with Crippen LogP contribution in [0.25, 0.3) is 0 Å². The van der Waals surface area contributed by atoms with Crippen LogP contribution in [0.2, 0.25) is 0 Å². The van der Waals surface area contributed by atoms with E-state index in [2.05, 4.69) is 41.8 Å². The van der Waals surface area contributed by atoms with Crippen molar-refractivity contribution in [1.82, 2.24) is 29.8 Å². The molecule has 0 aromatic rings. The van der Waals surface area contributed by atoms with Crippen LogP contribution in [0.4, 0.5) is 0 Å². The molecule has 1 N–H and O–H groups in total. The smallest absolute Gasteiger partial charge is 0.236 e. The SMILES string of the molecule is C=CCNC(=O)CN1CCCN(CC(C)(C)N=O)CCN(CC(C)(C)N=O)CCCN(CC(=O)N(C)C)CC1. The molecule has 224 valence electrons. The number of carbonyl (C=O) groups is 2. The topological polar surface area (TPSA) is 121 Å². The van der Waals surface area contributed by atoms with Crippen molar-refractivity contribution in [2.75, 3.05) is 99.2 Å². The molecule has 1 saturated heterocycles. The van der Waals surface area contributed by atoms with E-state index in [1.54, 1.807) is 25.1 Å². The third-order valence-corrected chi connectivity index (χ3v) is 6.75. The van der Waals surface area contributed by atoms with Gasteiger partial charge in [0.2, 0.25) is 11.8 Å². The van der Waals surface area contributed by atoms with Crippen LogP contribution < -0.4 is 5.32 Å². The molecule has 1 heterocycles. The van der Waals surface area contributed by atoms with Crippen molar-refractivity contribution >= 4 is 11.8 Å². The highest BCUT2D eigenvalue weighted by Crippen LogP contribution is 2.14. The number of carbonyl (C=O) groups excluding carboxylic acids is 2. The second kappa shape index (κ2) is 17.4. The van der Waals surface area contributed by atoms with E-state index in [-0.39, 0.29) is 18.4 Å². The van der Waals surface area contributed by atoms with Crippen LogP contribution in [0.3, 0.4) is 0 Å². The zero-order valence-corrected chi connectivity index (χ0v) is 25.2. The second-order valence-corrected chi connectivity index (χ2v) is 12.0. The van der Waals surface area contributed by atoms with E-state index in [4.69, 9.17) is 0 Å². The molecule has 1 aliphatic rings. The fourth-order valence-corrected chi connectivity index (χ4v) is 4.61. The number of rotatable bonds is 12. The molecular weight excluding hydrogens is 500 g/mol. The number of nitrogens with zero attached hydrogens (tertiary/aromatic N) is 7. The fourth-order valence-electron chi connectivity index (χ4n) is 4.61. The van der Waals surface area contributed by atoms with Gasteiger partial charge in [-0.15, -0.1) is 6.58 Å². The van der Waals surface area contributed by atoms with E-state index >= 15 is 0 Å². The van der Waals surface area contributed by atoms with Crippen LogP contribution in [0.15, 0.2) is 23.0 Å². The zero-order valence-electron chi connectivity index (χ0n) is 25.2. The molecule has 0 spiro atoms. The first-order valence-electron chi connectivity index (χ1n) is 14.0. The molecule has 1 aliphatic heterocycles. The molecule has 0 radical (unpaired) electrons. The van der Waals surface area contributed by atoms with E-state index in [0.29, 0.717) is 52.4 Å². The molecule has 39 heavy (non-hydrogen) atoms. The van der Waals surface area contributed by atoms with Gasteiger partial charge in [-0.25, -0.2) is 0 Å². The summed E-state index contributed by atoms with van der Waals surface area (Å²) >= 11 is 0. The van der Waals surface area contributed by atoms with Gasteiger partial charge in [-0.2, -0.15) is 9.81 Å². The maximum absolute atomic E-state index is 12.5. The fraction of sp³-hybridized carbons (Fsp3) is 0.852. The summed E-state index contributed by atoms with van der Waals surface area (Å²) in [6.07, 6.45) is 3.28. The van der Waals surface area contributed by atoms with Crippen molar-refractivity contribution in [3.63, 3.8) is 0 Å². The van der Waals surface area contributed by atoms with Gasteiger partial charge in [0.1, 0.15) is 11.1 Å². The first-order valence-corrected chi connectivity index (χ1v) is 14.0. The van der Waals surface area contributed by atoms with E-state index in [9.17, 15) is 19.4 Å². The summed E-state index contributed by atoms with van der Waals surface area (Å²) in [6, 6.07) is 0. The molecule has 0 unspecified atom stereocenters. The van der Waals surface area contributed by atoms with E-state index < -0.39 is 11.1 Å². The molecular formula is C27H52N8O4. The minimum Gasteiger partial charge on any atom is -0.352 e. The molecule has 0 aromatic carbocycles. The monoisotopic (exact) mass is 552 g/mol. The lowest BCUT2D eigenvalue weighted by Gasteiger charge is -2.34. The lowest BCUT2D eigenvalue weighted by molar-refractivity contribution is -0.130. The number of amides is 2. The van der Waals surface area contributed by atoms with Crippen LogP contribution >= 0.6 is 0 Å². The summed E-state index contributed by atoms with van der Waals surface area (Å²) in [5.74, 6) is -0.0197. The predicted octanol–water partition coefficient (Wildman–Crippen LogP) is 1.47. The highest BCUT2D eigenvalue weighted by molar-refractivity contribution is 5.78. The summed E-state index contributed by atoms with van der Waals surface area (Å²) < 4.78 is 0. The summed E-state index contributed by atoms with van der Waals surface area (Å²) in [5.41, 5.74) is -1.43. The molecule has 12 heteroatoms. The van der Waals surface area contributed by atoms with E-state index in [1.165, 1.54) is 0 Å². The standard InChI is InChI=1S/C27H52N8O4/c1-8-11-28-24(36)20-32-12-9-14-34(22-26(2,3)29-38)18-19-35(23-27(4,5)30-39)15-10-13-33(17-16-32)21-25(37)31(6)7/h8H,1,9-23H2,2-7H3,(H,28,36). The predicted molar refractivity (Wildman–Crippen MR) is 157 cm³/mol. The average Bonchev–Trinajstić information content (AvgIpc) is 2.87. The summed E-state index contributed by atoms with van der Waals surface area (Å²) in [5, 5.41) is 9.49. The third-order valence-electron chi connectivity index (χ3n) is 6.75. The van der Waals surface area contributed by atoms with Crippen molar-refractivity contribution in [3.8, 4) is 0 Å². The average molecular weight is 553 g/mol. The molecule has 1 rings (SSSR count). The van der Waals surface area contributed by atoms with Crippen LogP contribution in [0.1, 0.15) is 40.5 Å². The second-order valence-electron chi connectivity index (χ2n) is 12.0. The van der Waals surface area contributed by atoms with Crippen molar-refractivity contribution in [2.24, 2.45) is 10.4 Å². The van der Waals surface area contributed by atoms with Gasteiger partial charge in [-0.3, -0.25) is 29.2 Å². The Hall–Kier alpha value is -2.28. The molecule has 12 nitrogen and oxygen atoms in total. The first-order chi connectivity index (χ1) is 18.3. The molecule has 1 fully saturated rings. The number of nitroso groups, excluding NO2 is 2. The van der Waals surface area contributed by atoms with E-state index in [0.717, 1.165) is 39.0 Å². The van der Waals surface area contributed by atoms with Gasteiger partial charge in [0.25, 0.3) is 0 Å². The normalized spacial score (nSPS) is 18.6. The van der Waals surface area contributed by atoms with Gasteiger partial charge in [0.05, 0.1) is 13.1 Å². The Morgan fingerprint density at radius 1 is 0.769 bits per heavy atom. The van der Waals surface area contributed by atoms with Crippen molar-refractivity contribution in [2.45, 2.75) is 51.6 Å². The van der Waals surface area contributed by atoms with Gasteiger partial charge < -0.3 is 10.2 Å². The summed E-state index contributed by atoms with van der Waals surface area (Å²) in [6.45, 7) is 18.7. The van der Waals surface area contributed by atoms with Crippen LogP contribution in [0, 0.1) is 9.81 Å². The van der Waals surface area contributed by atoms with Crippen LogP contribution in [0.5, 0.6) is 0 Å². The number of hydrogen-bond donors (Lipinski definition) is 1. The van der Waals surface area contributed by atoms with Crippen LogP contribution in [-0.2, 0) is 9.59 Å². The Morgan fingerprint density at radius 2 is 1.18 bits per heavy atom. The largest absolute Gasteiger partial charge is 0.352 e. The zero-order chi connectivity index (χ0) is 29.5. The number of hydrogen-bond acceptors (Lipinski definition) is 10. The minimum absolute atomic E-state index is 0.0385. The number of nitrogens with one attached hydrogen (secondary N) is 1. The quantitative estimate of drug-likeness (QED) is 0.285. The maximum atomic E-state index is 12.5. The molecule has 0 aliphatic carbocycles. The van der Waals surface area contributed by atoms with Gasteiger partial charge in [0, 0.05) is 59.9 Å². The van der Waals surface area contributed by atoms with Gasteiger partial charge in [-0.1, -0.05) is 16.4 Å². The van der Waals surface area contributed by atoms with Crippen molar-refractivity contribution < 1.29 is 9.59 Å². The Kier molecular flexibility index (Phi) is 15.5. The summed E-state index contributed by atoms with van der Waals surface area (Å²) in [7, 11) is 3.51. The molecule has 0 saturated carbocycles. The third kappa shape index (κ3) is 15.2. The molecule has 0 bridgehead atoms. The number of likely N-dealkylation sites (N-methyl/N-ethyl adjacent to an activating group) is 1. The Balaban J connectivity index is 3.12. The first kappa shape index (κ1) is 34.7. The Morgan fingerprint density at radius 3 is 1.59 bits per heavy atom. The molecule has 0 atom stereocenters. The highest BCUT2D eigenvalue weighted by atomic mass is 16.3. The van der Waals surface area contributed by atoms with Crippen molar-refractivity contribution in [1.29, 1.82) is 0 Å². The van der Waals surface area contributed by atoms with E-state index in [1.807, 2.05) is 27.7 Å². The van der Waals surface area contributed by atoms with Gasteiger partial charge >= 0.3 is 0 Å². The van der Waals surface area contributed by atoms with Gasteiger partial charge in [0.15, 0.2) is 0 Å². The van der Waals surface area contributed by atoms with Crippen LogP contribution in [-0.4, -0.2) is 147 Å². The Labute approximate surface area is 235 Å². The van der Waals surface area contributed by atoms with Crippen molar-refractivity contribution in [3.05, 3.63) is 22.5 Å². The minimum atomic E-state index is -0.719. The molecule has 0 aromatic heterocycles. The highest BCUT2D eigenvalue weighted by Gasteiger charge is 2.26. The maximum Gasteiger partial charge on any atom is 0.236 e. The van der Waals surface area contributed by atoms with Gasteiger partial charge in [-0.05, 0) is 66.7 Å².